The summed E-state index contributed by atoms with van der Waals surface area (Å²) in [6, 6.07) is 5.15. The largest absolute Gasteiger partial charge is 0.447 e. The molecule has 4 rings (SSSR count). The van der Waals surface area contributed by atoms with Gasteiger partial charge in [-0.15, -0.1) is 13.2 Å². The van der Waals surface area contributed by atoms with Gasteiger partial charge in [0.1, 0.15) is 18.2 Å². The Hall–Kier alpha value is -3.95. The number of hydrogen-bond acceptors (Lipinski definition) is 6. The van der Waals surface area contributed by atoms with E-state index in [2.05, 4.69) is 43.0 Å². The van der Waals surface area contributed by atoms with Crippen LogP contribution in [0.25, 0.3) is 0 Å². The molecular formula is C34H46N4O6. The number of benzene rings is 1. The van der Waals surface area contributed by atoms with Gasteiger partial charge in [0.2, 0.25) is 17.6 Å². The molecule has 10 heteroatoms. The fourth-order valence-electron chi connectivity index (χ4n) is 6.85. The van der Waals surface area contributed by atoms with Gasteiger partial charge in [0.15, 0.2) is 0 Å². The van der Waals surface area contributed by atoms with Gasteiger partial charge in [-0.3, -0.25) is 19.2 Å². The van der Waals surface area contributed by atoms with E-state index in [-0.39, 0.29) is 48.1 Å². The first kappa shape index (κ1) is 33.0. The highest BCUT2D eigenvalue weighted by Crippen LogP contribution is 2.65. The summed E-state index contributed by atoms with van der Waals surface area (Å²) in [4.78, 5) is 68.4. The van der Waals surface area contributed by atoms with Crippen LogP contribution in [-0.4, -0.2) is 71.8 Å². The molecule has 238 valence electrons. The highest BCUT2D eigenvalue weighted by atomic mass is 16.6. The van der Waals surface area contributed by atoms with E-state index in [4.69, 9.17) is 4.74 Å². The van der Waals surface area contributed by atoms with Crippen molar-refractivity contribution in [2.24, 2.45) is 23.2 Å². The predicted octanol–water partition coefficient (Wildman–Crippen LogP) is 3.10. The lowest BCUT2D eigenvalue weighted by molar-refractivity contribution is -0.144. The first-order valence-corrected chi connectivity index (χ1v) is 15.6. The Kier molecular flexibility index (Phi) is 10.3. The molecule has 1 saturated carbocycles. The molecule has 1 aromatic carbocycles. The van der Waals surface area contributed by atoms with Gasteiger partial charge in [0.05, 0.1) is 6.04 Å². The number of nitrogens with one attached hydrogen (secondary N) is 3. The number of rotatable bonds is 14. The van der Waals surface area contributed by atoms with Crippen LogP contribution in [0.3, 0.4) is 0 Å². The van der Waals surface area contributed by atoms with Gasteiger partial charge in [-0.2, -0.15) is 0 Å². The Labute approximate surface area is 260 Å². The van der Waals surface area contributed by atoms with E-state index in [1.165, 1.54) is 6.08 Å². The predicted molar refractivity (Wildman–Crippen MR) is 166 cm³/mol. The minimum atomic E-state index is -1.08. The van der Waals surface area contributed by atoms with Gasteiger partial charge >= 0.3 is 6.09 Å². The van der Waals surface area contributed by atoms with Crippen molar-refractivity contribution in [2.45, 2.75) is 84.0 Å². The van der Waals surface area contributed by atoms with Crippen LogP contribution in [0.15, 0.2) is 49.6 Å². The molecule has 4 unspecified atom stereocenters. The molecule has 6 atom stereocenters. The van der Waals surface area contributed by atoms with Crippen molar-refractivity contribution in [3.63, 3.8) is 0 Å². The lowest BCUT2D eigenvalue weighted by Gasteiger charge is -2.35. The average molecular weight is 607 g/mol. The summed E-state index contributed by atoms with van der Waals surface area (Å²) < 4.78 is 5.49. The average Bonchev–Trinajstić information content (AvgIpc) is 3.37. The number of fused-ring (bicyclic) bond motifs is 2. The summed E-state index contributed by atoms with van der Waals surface area (Å²) in [6.45, 7) is 15.6. The standard InChI is InChI=1S/C34H46N4O6/c1-7-10-15-25(29(39)31(41)35-16-8-2)36-30(40)28-26-24(34(26,5)6)19-38(28)32(42)27(37-33(43)44-20(4)9-3)23-17-21-13-11-12-14-22(21)18-23/h7-8,11-14,20,23-28H,1-2,9-10,15-19H2,3-6H3,(H,35,41)(H,36,40)(H,37,43)/t20?,24?,25?,26?,27-,28-/m0/s1. The van der Waals surface area contributed by atoms with Crippen LogP contribution in [0.4, 0.5) is 4.79 Å². The molecule has 3 N–H and O–H groups in total. The smallest absolute Gasteiger partial charge is 0.408 e. The molecule has 0 aromatic heterocycles. The zero-order valence-electron chi connectivity index (χ0n) is 26.3. The minimum Gasteiger partial charge on any atom is -0.447 e. The van der Waals surface area contributed by atoms with Gasteiger partial charge in [-0.05, 0) is 73.3 Å². The third-order valence-electron chi connectivity index (χ3n) is 9.66. The Balaban J connectivity index is 1.58. The van der Waals surface area contributed by atoms with E-state index in [0.29, 0.717) is 32.2 Å². The molecule has 0 spiro atoms. The van der Waals surface area contributed by atoms with Crippen molar-refractivity contribution in [1.29, 1.82) is 0 Å². The SMILES string of the molecule is C=CCCC(NC(=O)[C@@H]1C2C(CN1C(=O)[C@@H](NC(=O)OC(C)CC)C1Cc3ccccc3C1)C2(C)C)C(=O)C(=O)NCC=C. The minimum absolute atomic E-state index is 0.0916. The number of carbonyl (C=O) groups is 5. The first-order chi connectivity index (χ1) is 20.9. The number of ketones is 1. The maximum absolute atomic E-state index is 14.4. The van der Waals surface area contributed by atoms with Gasteiger partial charge in [0.25, 0.3) is 5.91 Å². The Bertz CT molecular complexity index is 1280. The summed E-state index contributed by atoms with van der Waals surface area (Å²) in [7, 11) is 0. The molecule has 10 nitrogen and oxygen atoms in total. The number of likely N-dealkylation sites (tertiary alicyclic amines) is 1. The fraction of sp³-hybridized carbons (Fsp3) is 0.559. The van der Waals surface area contributed by atoms with Crippen LogP contribution >= 0.6 is 0 Å². The number of amides is 4. The summed E-state index contributed by atoms with van der Waals surface area (Å²) in [5.74, 6) is -2.64. The zero-order chi connectivity index (χ0) is 32.2. The highest BCUT2D eigenvalue weighted by Gasteiger charge is 2.69. The number of allylic oxidation sites excluding steroid dienone is 1. The summed E-state index contributed by atoms with van der Waals surface area (Å²) in [5.41, 5.74) is 2.08. The van der Waals surface area contributed by atoms with Crippen molar-refractivity contribution >= 4 is 29.6 Å². The van der Waals surface area contributed by atoms with Crippen LogP contribution in [-0.2, 0) is 36.8 Å². The quantitative estimate of drug-likeness (QED) is 0.220. The van der Waals surface area contributed by atoms with Gasteiger partial charge in [0, 0.05) is 13.1 Å². The maximum Gasteiger partial charge on any atom is 0.408 e. The number of alkyl carbamates (subject to hydrolysis) is 1. The number of nitrogens with zero attached hydrogens (tertiary/aromatic N) is 1. The number of carbonyl (C=O) groups excluding carboxylic acids is 5. The highest BCUT2D eigenvalue weighted by molar-refractivity contribution is 6.38. The summed E-state index contributed by atoms with van der Waals surface area (Å²) >= 11 is 0. The second kappa shape index (κ2) is 13.8. The number of Topliss-reactive ketones (excluding diaryl/α,β-unsaturated/α-hetero) is 1. The van der Waals surface area contributed by atoms with Gasteiger partial charge in [-0.25, -0.2) is 4.79 Å². The lowest BCUT2D eigenvalue weighted by Crippen LogP contribution is -2.59. The molecule has 1 saturated heterocycles. The van der Waals surface area contributed by atoms with E-state index < -0.39 is 41.8 Å². The maximum atomic E-state index is 14.4. The molecule has 0 radical (unpaired) electrons. The van der Waals surface area contributed by atoms with Crippen LogP contribution < -0.4 is 16.0 Å². The monoisotopic (exact) mass is 606 g/mol. The van der Waals surface area contributed by atoms with Crippen molar-refractivity contribution in [1.82, 2.24) is 20.9 Å². The number of ether oxygens (including phenoxy) is 1. The second-order valence-corrected chi connectivity index (χ2v) is 12.9. The van der Waals surface area contributed by atoms with Crippen molar-refractivity contribution < 1.29 is 28.7 Å². The van der Waals surface area contributed by atoms with Gasteiger partial charge < -0.3 is 25.6 Å². The molecule has 1 aliphatic heterocycles. The Morgan fingerprint density at radius 2 is 1.73 bits per heavy atom. The van der Waals surface area contributed by atoms with E-state index >= 15 is 0 Å². The second-order valence-electron chi connectivity index (χ2n) is 12.9. The fourth-order valence-corrected chi connectivity index (χ4v) is 6.85. The molecule has 1 heterocycles. The van der Waals surface area contributed by atoms with E-state index in [0.717, 1.165) is 11.1 Å². The van der Waals surface area contributed by atoms with Crippen molar-refractivity contribution in [3.05, 3.63) is 60.7 Å². The normalized spacial score (nSPS) is 23.3. The third kappa shape index (κ3) is 6.89. The topological polar surface area (TPSA) is 134 Å². The molecule has 2 fully saturated rings. The van der Waals surface area contributed by atoms with Crippen molar-refractivity contribution in [3.8, 4) is 0 Å². The molecular weight excluding hydrogens is 560 g/mol. The molecule has 44 heavy (non-hydrogen) atoms. The van der Waals surface area contributed by atoms with Crippen molar-refractivity contribution in [2.75, 3.05) is 13.1 Å². The molecule has 1 aromatic rings. The van der Waals surface area contributed by atoms with Crippen LogP contribution in [0.2, 0.25) is 0 Å². The lowest BCUT2D eigenvalue weighted by atomic mass is 9.93. The summed E-state index contributed by atoms with van der Waals surface area (Å²) in [6.07, 6.45) is 4.54. The van der Waals surface area contributed by atoms with E-state index in [9.17, 15) is 24.0 Å². The van der Waals surface area contributed by atoms with E-state index in [1.54, 1.807) is 17.9 Å². The molecule has 3 aliphatic rings. The Morgan fingerprint density at radius 1 is 1.07 bits per heavy atom. The third-order valence-corrected chi connectivity index (χ3v) is 9.66. The summed E-state index contributed by atoms with van der Waals surface area (Å²) in [5, 5.41) is 8.13. The number of piperidine rings is 1. The first-order valence-electron chi connectivity index (χ1n) is 15.6. The van der Waals surface area contributed by atoms with Crippen LogP contribution in [0.5, 0.6) is 0 Å². The molecule has 2 aliphatic carbocycles. The zero-order valence-corrected chi connectivity index (χ0v) is 26.3. The molecule has 0 bridgehead atoms. The number of hydrogen-bond donors (Lipinski definition) is 3. The molecule has 4 amide bonds. The van der Waals surface area contributed by atoms with Gasteiger partial charge in [-0.1, -0.05) is 57.2 Å². The van der Waals surface area contributed by atoms with Crippen LogP contribution in [0, 0.1) is 23.2 Å². The van der Waals surface area contributed by atoms with E-state index in [1.807, 2.05) is 31.2 Å². The Morgan fingerprint density at radius 3 is 2.32 bits per heavy atom. The van der Waals surface area contributed by atoms with Crippen LogP contribution in [0.1, 0.15) is 58.1 Å².